The fourth-order valence-electron chi connectivity index (χ4n) is 3.25. The lowest BCUT2D eigenvalue weighted by Gasteiger charge is -2.32. The van der Waals surface area contributed by atoms with Gasteiger partial charge in [-0.05, 0) is 30.5 Å². The average molecular weight is 354 g/mol. The van der Waals surface area contributed by atoms with Gasteiger partial charge in [-0.2, -0.15) is 0 Å². The van der Waals surface area contributed by atoms with Crippen molar-refractivity contribution in [2.45, 2.75) is 32.9 Å². The van der Waals surface area contributed by atoms with Crippen LogP contribution in [0.25, 0.3) is 0 Å². The van der Waals surface area contributed by atoms with E-state index in [1.165, 1.54) is 6.07 Å². The lowest BCUT2D eigenvalue weighted by Crippen LogP contribution is -2.45. The Morgan fingerprint density at radius 2 is 1.85 bits per heavy atom. The molecule has 1 aliphatic rings. The average Bonchev–Trinajstić information content (AvgIpc) is 2.64. The van der Waals surface area contributed by atoms with Crippen LogP contribution in [-0.2, 0) is 22.7 Å². The summed E-state index contributed by atoms with van der Waals surface area (Å²) in [5.41, 5.74) is 2.69. The highest BCUT2D eigenvalue weighted by Crippen LogP contribution is 2.21. The summed E-state index contributed by atoms with van der Waals surface area (Å²) in [5, 5.41) is 2.97. The molecule has 1 atom stereocenters. The van der Waals surface area contributed by atoms with E-state index in [4.69, 9.17) is 0 Å². The molecule has 0 saturated carbocycles. The summed E-state index contributed by atoms with van der Waals surface area (Å²) in [7, 11) is 0. The number of benzene rings is 2. The number of piperidine rings is 1. The summed E-state index contributed by atoms with van der Waals surface area (Å²) >= 11 is 0. The van der Waals surface area contributed by atoms with Crippen LogP contribution in [0.3, 0.4) is 0 Å². The predicted molar refractivity (Wildman–Crippen MR) is 97.6 cm³/mol. The first-order valence-corrected chi connectivity index (χ1v) is 8.88. The standard InChI is InChI=1S/C21H23FN2O2/c1-15-6-2-3-7-16(15)12-23-21(26)18-10-11-20(25)24(14-18)13-17-8-4-5-9-19(17)22/h2-9,18H,10-14H2,1H3,(H,23,26)/t18-/m0/s1. The van der Waals surface area contributed by atoms with Gasteiger partial charge in [-0.1, -0.05) is 42.5 Å². The highest BCUT2D eigenvalue weighted by molar-refractivity contribution is 5.83. The van der Waals surface area contributed by atoms with Gasteiger partial charge in [0.05, 0.1) is 5.92 Å². The number of carbonyl (C=O) groups excluding carboxylic acids is 2. The monoisotopic (exact) mass is 354 g/mol. The molecule has 1 N–H and O–H groups in total. The Morgan fingerprint density at radius 1 is 1.15 bits per heavy atom. The van der Waals surface area contributed by atoms with Crippen LogP contribution in [-0.4, -0.2) is 23.3 Å². The van der Waals surface area contributed by atoms with Gasteiger partial charge in [-0.3, -0.25) is 9.59 Å². The summed E-state index contributed by atoms with van der Waals surface area (Å²) in [5.74, 6) is -0.676. The molecule has 0 radical (unpaired) electrons. The lowest BCUT2D eigenvalue weighted by atomic mass is 9.96. The zero-order valence-corrected chi connectivity index (χ0v) is 14.9. The Kier molecular flexibility index (Phi) is 5.66. The number of hydrogen-bond acceptors (Lipinski definition) is 2. The normalized spacial score (nSPS) is 17.2. The molecule has 136 valence electrons. The zero-order valence-electron chi connectivity index (χ0n) is 14.9. The molecule has 0 spiro atoms. The van der Waals surface area contributed by atoms with Crippen LogP contribution in [0.2, 0.25) is 0 Å². The molecule has 1 fully saturated rings. The van der Waals surface area contributed by atoms with Crippen LogP contribution in [0.1, 0.15) is 29.5 Å². The van der Waals surface area contributed by atoms with E-state index in [0.29, 0.717) is 31.5 Å². The first-order chi connectivity index (χ1) is 12.5. The van der Waals surface area contributed by atoms with Gasteiger partial charge in [0.25, 0.3) is 0 Å². The van der Waals surface area contributed by atoms with Crippen molar-refractivity contribution in [1.29, 1.82) is 0 Å². The number of carbonyl (C=O) groups is 2. The molecule has 2 aromatic carbocycles. The summed E-state index contributed by atoms with van der Waals surface area (Å²) in [6.45, 7) is 3.01. The van der Waals surface area contributed by atoms with Crippen LogP contribution in [0.5, 0.6) is 0 Å². The third-order valence-corrected chi connectivity index (χ3v) is 4.90. The molecule has 1 heterocycles. The summed E-state index contributed by atoms with van der Waals surface area (Å²) < 4.78 is 13.9. The molecule has 2 aromatic rings. The summed E-state index contributed by atoms with van der Waals surface area (Å²) in [6, 6.07) is 14.3. The van der Waals surface area contributed by atoms with E-state index in [2.05, 4.69) is 5.32 Å². The lowest BCUT2D eigenvalue weighted by molar-refractivity contribution is -0.139. The maximum absolute atomic E-state index is 13.9. The molecule has 0 bridgehead atoms. The van der Waals surface area contributed by atoms with Gasteiger partial charge in [0.1, 0.15) is 5.82 Å². The Labute approximate surface area is 153 Å². The van der Waals surface area contributed by atoms with Gasteiger partial charge in [0, 0.05) is 31.6 Å². The van der Waals surface area contributed by atoms with Crippen molar-refractivity contribution in [1.82, 2.24) is 10.2 Å². The highest BCUT2D eigenvalue weighted by atomic mass is 19.1. The quantitative estimate of drug-likeness (QED) is 0.896. The highest BCUT2D eigenvalue weighted by Gasteiger charge is 2.30. The second kappa shape index (κ2) is 8.13. The van der Waals surface area contributed by atoms with Crippen molar-refractivity contribution in [2.75, 3.05) is 6.54 Å². The minimum Gasteiger partial charge on any atom is -0.352 e. The molecule has 5 heteroatoms. The Morgan fingerprint density at radius 3 is 2.58 bits per heavy atom. The number of rotatable bonds is 5. The van der Waals surface area contributed by atoms with Gasteiger partial charge in [0.2, 0.25) is 11.8 Å². The SMILES string of the molecule is Cc1ccccc1CNC(=O)[C@H]1CCC(=O)N(Cc2ccccc2F)C1. The number of aryl methyl sites for hydroxylation is 1. The third-order valence-electron chi connectivity index (χ3n) is 4.90. The zero-order chi connectivity index (χ0) is 18.5. The molecule has 2 amide bonds. The van der Waals surface area contributed by atoms with Crippen molar-refractivity contribution in [3.05, 3.63) is 71.0 Å². The molecule has 0 unspecified atom stereocenters. The van der Waals surface area contributed by atoms with Crippen LogP contribution in [0, 0.1) is 18.7 Å². The van der Waals surface area contributed by atoms with Gasteiger partial charge < -0.3 is 10.2 Å². The van der Waals surface area contributed by atoms with Crippen molar-refractivity contribution in [2.24, 2.45) is 5.92 Å². The Balaban J connectivity index is 1.60. The van der Waals surface area contributed by atoms with Crippen molar-refractivity contribution in [3.8, 4) is 0 Å². The molecule has 1 aliphatic heterocycles. The van der Waals surface area contributed by atoms with Crippen LogP contribution < -0.4 is 5.32 Å². The molecule has 3 rings (SSSR count). The molecule has 4 nitrogen and oxygen atoms in total. The fourth-order valence-corrected chi connectivity index (χ4v) is 3.25. The van der Waals surface area contributed by atoms with Crippen molar-refractivity contribution < 1.29 is 14.0 Å². The summed E-state index contributed by atoms with van der Waals surface area (Å²) in [6.07, 6.45) is 0.850. The number of likely N-dealkylation sites (tertiary alicyclic amines) is 1. The largest absolute Gasteiger partial charge is 0.352 e. The minimum atomic E-state index is -0.327. The van der Waals surface area contributed by atoms with Crippen LogP contribution in [0.4, 0.5) is 4.39 Å². The molecular weight excluding hydrogens is 331 g/mol. The Bertz CT molecular complexity index is 806. The van der Waals surface area contributed by atoms with E-state index >= 15 is 0 Å². The number of hydrogen-bond donors (Lipinski definition) is 1. The van der Waals surface area contributed by atoms with Crippen molar-refractivity contribution >= 4 is 11.8 Å². The number of halogens is 1. The van der Waals surface area contributed by atoms with E-state index < -0.39 is 0 Å². The third kappa shape index (κ3) is 4.28. The number of nitrogens with zero attached hydrogens (tertiary/aromatic N) is 1. The molecule has 0 aliphatic carbocycles. The summed E-state index contributed by atoms with van der Waals surface area (Å²) in [4.78, 5) is 26.3. The van der Waals surface area contributed by atoms with E-state index in [1.54, 1.807) is 23.1 Å². The second-order valence-corrected chi connectivity index (χ2v) is 6.75. The van der Waals surface area contributed by atoms with E-state index in [0.717, 1.165) is 11.1 Å². The van der Waals surface area contributed by atoms with E-state index in [9.17, 15) is 14.0 Å². The van der Waals surface area contributed by atoms with Gasteiger partial charge >= 0.3 is 0 Å². The smallest absolute Gasteiger partial charge is 0.225 e. The maximum atomic E-state index is 13.9. The van der Waals surface area contributed by atoms with Crippen LogP contribution >= 0.6 is 0 Å². The first kappa shape index (κ1) is 18.1. The van der Waals surface area contributed by atoms with Gasteiger partial charge in [-0.15, -0.1) is 0 Å². The predicted octanol–water partition coefficient (Wildman–Crippen LogP) is 3.19. The molecule has 0 aromatic heterocycles. The fraction of sp³-hybridized carbons (Fsp3) is 0.333. The second-order valence-electron chi connectivity index (χ2n) is 6.75. The molecule has 26 heavy (non-hydrogen) atoms. The number of nitrogens with one attached hydrogen (secondary N) is 1. The first-order valence-electron chi connectivity index (χ1n) is 8.88. The van der Waals surface area contributed by atoms with Gasteiger partial charge in [-0.25, -0.2) is 4.39 Å². The maximum Gasteiger partial charge on any atom is 0.225 e. The van der Waals surface area contributed by atoms with E-state index in [1.807, 2.05) is 31.2 Å². The van der Waals surface area contributed by atoms with Crippen LogP contribution in [0.15, 0.2) is 48.5 Å². The molecular formula is C21H23FN2O2. The Hall–Kier alpha value is -2.69. The minimum absolute atomic E-state index is 0.0313. The molecule has 1 saturated heterocycles. The number of amides is 2. The van der Waals surface area contributed by atoms with Gasteiger partial charge in [0.15, 0.2) is 0 Å². The topological polar surface area (TPSA) is 49.4 Å². The van der Waals surface area contributed by atoms with Crippen molar-refractivity contribution in [3.63, 3.8) is 0 Å². The van der Waals surface area contributed by atoms with E-state index in [-0.39, 0.29) is 30.1 Å².